The fraction of sp³-hybridized carbons (Fsp3) is 1.00. The molecule has 0 amide bonds. The summed E-state index contributed by atoms with van der Waals surface area (Å²) in [5, 5.41) is 10.3. The van der Waals surface area contributed by atoms with Gasteiger partial charge in [-0.2, -0.15) is 0 Å². The second-order valence-electron chi connectivity index (χ2n) is 3.78. The number of likely N-dealkylation sites (tertiary alicyclic amines) is 1. The summed E-state index contributed by atoms with van der Waals surface area (Å²) in [7, 11) is 0. The van der Waals surface area contributed by atoms with Crippen LogP contribution in [-0.4, -0.2) is 43.6 Å². The van der Waals surface area contributed by atoms with Gasteiger partial charge in [-0.3, -0.25) is 0 Å². The van der Waals surface area contributed by atoms with Gasteiger partial charge >= 0.3 is 0 Å². The molecule has 1 aliphatic rings. The lowest BCUT2D eigenvalue weighted by Gasteiger charge is -2.31. The normalized spacial score (nSPS) is 22.5. The van der Waals surface area contributed by atoms with E-state index in [1.807, 2.05) is 0 Å². The quantitative estimate of drug-likeness (QED) is 0.681. The second-order valence-corrected chi connectivity index (χ2v) is 3.78. The van der Waals surface area contributed by atoms with E-state index in [9.17, 15) is 9.50 Å². The minimum Gasteiger partial charge on any atom is -0.345 e. The molecule has 1 fully saturated rings. The summed E-state index contributed by atoms with van der Waals surface area (Å²) in [5.74, 6) is 0. The van der Waals surface area contributed by atoms with E-state index in [2.05, 4.69) is 4.90 Å². The van der Waals surface area contributed by atoms with Crippen molar-refractivity contribution in [2.24, 2.45) is 0 Å². The Morgan fingerprint density at radius 1 is 1.50 bits per heavy atom. The summed E-state index contributed by atoms with van der Waals surface area (Å²) in [6.45, 7) is 4.15. The molecule has 1 radical (unpaired) electrons. The zero-order valence-corrected chi connectivity index (χ0v) is 8.75. The van der Waals surface area contributed by atoms with E-state index in [4.69, 9.17) is 4.74 Å². The predicted octanol–water partition coefficient (Wildman–Crippen LogP) is 1.60. The standard InChI is InChI=1S/C10H19FNO2/c1-9(11)14-10-3-6-12(7-4-10)5-2-8-13/h9-10H,2-8H2,1H3. The summed E-state index contributed by atoms with van der Waals surface area (Å²) >= 11 is 0. The first-order chi connectivity index (χ1) is 6.72. The van der Waals surface area contributed by atoms with Crippen molar-refractivity contribution < 1.29 is 14.2 Å². The van der Waals surface area contributed by atoms with E-state index < -0.39 is 6.36 Å². The van der Waals surface area contributed by atoms with Gasteiger partial charge in [0.1, 0.15) is 0 Å². The first-order valence-electron chi connectivity index (χ1n) is 5.32. The van der Waals surface area contributed by atoms with Crippen LogP contribution in [0.3, 0.4) is 0 Å². The lowest BCUT2D eigenvalue weighted by molar-refractivity contribution is -0.0929. The number of halogens is 1. The number of nitrogens with zero attached hydrogens (tertiary/aromatic N) is 1. The molecule has 4 heteroatoms. The van der Waals surface area contributed by atoms with Gasteiger partial charge in [-0.25, -0.2) is 9.50 Å². The average molecular weight is 204 g/mol. The van der Waals surface area contributed by atoms with Crippen molar-refractivity contribution in [2.45, 2.75) is 38.6 Å². The lowest BCUT2D eigenvalue weighted by atomic mass is 10.1. The van der Waals surface area contributed by atoms with Gasteiger partial charge < -0.3 is 9.64 Å². The Kier molecular flexibility index (Phi) is 5.37. The van der Waals surface area contributed by atoms with Gasteiger partial charge in [0.15, 0.2) is 6.36 Å². The summed E-state index contributed by atoms with van der Waals surface area (Å²) in [4.78, 5) is 2.25. The molecule has 14 heavy (non-hydrogen) atoms. The molecular formula is C10H19FNO2. The van der Waals surface area contributed by atoms with Crippen molar-refractivity contribution >= 4 is 0 Å². The van der Waals surface area contributed by atoms with Crippen LogP contribution in [0.5, 0.6) is 0 Å². The van der Waals surface area contributed by atoms with E-state index in [1.165, 1.54) is 6.92 Å². The van der Waals surface area contributed by atoms with Crippen molar-refractivity contribution in [1.29, 1.82) is 0 Å². The lowest BCUT2D eigenvalue weighted by Crippen LogP contribution is -2.38. The summed E-state index contributed by atoms with van der Waals surface area (Å²) < 4.78 is 17.6. The van der Waals surface area contributed by atoms with Crippen molar-refractivity contribution in [3.05, 3.63) is 0 Å². The van der Waals surface area contributed by atoms with Gasteiger partial charge in [-0.1, -0.05) is 0 Å². The number of alkyl halides is 1. The molecule has 83 valence electrons. The van der Waals surface area contributed by atoms with Crippen LogP contribution in [0.2, 0.25) is 0 Å². The SMILES string of the molecule is CC(F)OC1CCN(CCC[O])CC1. The molecule has 1 atom stereocenters. The van der Waals surface area contributed by atoms with Crippen LogP contribution in [0, 0.1) is 0 Å². The minimum absolute atomic E-state index is 0.00204. The van der Waals surface area contributed by atoms with Gasteiger partial charge in [0, 0.05) is 19.6 Å². The minimum atomic E-state index is -1.16. The topological polar surface area (TPSA) is 32.4 Å². The number of piperidine rings is 1. The Morgan fingerprint density at radius 3 is 2.64 bits per heavy atom. The molecule has 1 aliphatic heterocycles. The van der Waals surface area contributed by atoms with Gasteiger partial charge in [0.2, 0.25) is 0 Å². The predicted molar refractivity (Wildman–Crippen MR) is 51.3 cm³/mol. The van der Waals surface area contributed by atoms with Crippen molar-refractivity contribution in [3.63, 3.8) is 0 Å². The number of ether oxygens (including phenoxy) is 1. The summed E-state index contributed by atoms with van der Waals surface area (Å²) in [6, 6.07) is 0. The van der Waals surface area contributed by atoms with E-state index in [1.54, 1.807) is 0 Å². The highest BCUT2D eigenvalue weighted by Crippen LogP contribution is 2.15. The fourth-order valence-electron chi connectivity index (χ4n) is 1.82. The van der Waals surface area contributed by atoms with Gasteiger partial charge in [0.05, 0.1) is 12.7 Å². The molecule has 0 aliphatic carbocycles. The molecule has 1 rings (SSSR count). The molecule has 0 saturated carbocycles. The van der Waals surface area contributed by atoms with Crippen molar-refractivity contribution in [2.75, 3.05) is 26.2 Å². The Bertz CT molecular complexity index is 147. The van der Waals surface area contributed by atoms with Crippen LogP contribution in [0.4, 0.5) is 4.39 Å². The highest BCUT2D eigenvalue weighted by molar-refractivity contribution is 4.72. The van der Waals surface area contributed by atoms with Gasteiger partial charge in [0.25, 0.3) is 0 Å². The largest absolute Gasteiger partial charge is 0.345 e. The van der Waals surface area contributed by atoms with Crippen LogP contribution in [-0.2, 0) is 9.84 Å². The molecule has 0 aromatic heterocycles. The maximum absolute atomic E-state index is 12.5. The third-order valence-electron chi connectivity index (χ3n) is 2.53. The van der Waals surface area contributed by atoms with Crippen LogP contribution < -0.4 is 0 Å². The zero-order valence-electron chi connectivity index (χ0n) is 8.75. The molecule has 0 aromatic carbocycles. The van der Waals surface area contributed by atoms with Crippen LogP contribution in [0.1, 0.15) is 26.2 Å². The van der Waals surface area contributed by atoms with Crippen molar-refractivity contribution in [3.8, 4) is 0 Å². The van der Waals surface area contributed by atoms with Crippen LogP contribution in [0.25, 0.3) is 0 Å². The Labute approximate surface area is 84.9 Å². The van der Waals surface area contributed by atoms with Crippen LogP contribution >= 0.6 is 0 Å². The van der Waals surface area contributed by atoms with E-state index in [0.717, 1.165) is 32.5 Å². The monoisotopic (exact) mass is 204 g/mol. The summed E-state index contributed by atoms with van der Waals surface area (Å²) in [5.41, 5.74) is 0. The molecule has 0 bridgehead atoms. The molecule has 3 nitrogen and oxygen atoms in total. The van der Waals surface area contributed by atoms with E-state index in [0.29, 0.717) is 6.42 Å². The van der Waals surface area contributed by atoms with E-state index >= 15 is 0 Å². The maximum atomic E-state index is 12.5. The summed E-state index contributed by atoms with van der Waals surface area (Å²) in [6.07, 6.45) is 1.39. The Balaban J connectivity index is 2.11. The molecule has 1 heterocycles. The first kappa shape index (κ1) is 11.9. The highest BCUT2D eigenvalue weighted by atomic mass is 19.1. The number of hydrogen-bond acceptors (Lipinski definition) is 2. The fourth-order valence-corrected chi connectivity index (χ4v) is 1.82. The third-order valence-corrected chi connectivity index (χ3v) is 2.53. The van der Waals surface area contributed by atoms with E-state index in [-0.39, 0.29) is 12.7 Å². The zero-order chi connectivity index (χ0) is 10.4. The first-order valence-corrected chi connectivity index (χ1v) is 5.32. The maximum Gasteiger partial charge on any atom is 0.196 e. The van der Waals surface area contributed by atoms with Crippen molar-refractivity contribution in [1.82, 2.24) is 4.90 Å². The third kappa shape index (κ3) is 4.35. The molecule has 0 N–H and O–H groups in total. The smallest absolute Gasteiger partial charge is 0.196 e. The second kappa shape index (κ2) is 6.32. The number of rotatable bonds is 5. The molecular weight excluding hydrogens is 185 g/mol. The molecule has 0 spiro atoms. The average Bonchev–Trinajstić information content (AvgIpc) is 2.16. The van der Waals surface area contributed by atoms with Gasteiger partial charge in [-0.05, 0) is 26.2 Å². The molecule has 1 saturated heterocycles. The Hall–Kier alpha value is -0.190. The Morgan fingerprint density at radius 2 is 2.14 bits per heavy atom. The molecule has 1 unspecified atom stereocenters. The molecule has 0 aromatic rings. The van der Waals surface area contributed by atoms with Crippen LogP contribution in [0.15, 0.2) is 0 Å². The van der Waals surface area contributed by atoms with Gasteiger partial charge in [-0.15, -0.1) is 0 Å². The highest BCUT2D eigenvalue weighted by Gasteiger charge is 2.20. The number of hydrogen-bond donors (Lipinski definition) is 0.